The van der Waals surface area contributed by atoms with Gasteiger partial charge in [0.25, 0.3) is 0 Å². The number of carboxylic acid groups (broad SMARTS) is 1. The Hall–Kier alpha value is -2.12. The van der Waals surface area contributed by atoms with E-state index in [4.69, 9.17) is 0 Å². The van der Waals surface area contributed by atoms with E-state index in [1.54, 1.807) is 30.6 Å². The number of nitrogens with one attached hydrogen (secondary N) is 1. The van der Waals surface area contributed by atoms with Crippen molar-refractivity contribution in [2.75, 3.05) is 32.7 Å². The highest BCUT2D eigenvalue weighted by atomic mass is 16.4. The van der Waals surface area contributed by atoms with E-state index in [1.165, 1.54) is 0 Å². The number of aliphatic carboxylic acids is 1. The molecule has 31 heavy (non-hydrogen) atoms. The number of carbonyl (C=O) groups is 4. The largest absolute Gasteiger partial charge is 0.481 e. The third-order valence-electron chi connectivity index (χ3n) is 6.25. The van der Waals surface area contributed by atoms with Crippen LogP contribution in [-0.4, -0.2) is 71.3 Å². The van der Waals surface area contributed by atoms with Crippen LogP contribution in [-0.2, 0) is 19.2 Å². The van der Waals surface area contributed by atoms with Gasteiger partial charge < -0.3 is 20.2 Å². The standard InChI is InChI=1S/C23H41N3O5/c1-15(18(27)24-14-22(4,5)6)13-16(2)19(28)25-9-11-26(12-10-25)21(31)23(7,8)17(3)20(29)30/h15-17H,9-14H2,1-8H3,(H,24,27)(H,29,30). The predicted molar refractivity (Wildman–Crippen MR) is 119 cm³/mol. The third kappa shape index (κ3) is 7.51. The molecule has 1 heterocycles. The Morgan fingerprint density at radius 2 is 1.35 bits per heavy atom. The maximum atomic E-state index is 12.9. The van der Waals surface area contributed by atoms with Crippen molar-refractivity contribution < 1.29 is 24.3 Å². The van der Waals surface area contributed by atoms with E-state index in [2.05, 4.69) is 26.1 Å². The van der Waals surface area contributed by atoms with Gasteiger partial charge in [0, 0.05) is 44.6 Å². The van der Waals surface area contributed by atoms with Crippen LogP contribution >= 0.6 is 0 Å². The molecular weight excluding hydrogens is 398 g/mol. The molecule has 0 aromatic carbocycles. The van der Waals surface area contributed by atoms with Crippen LogP contribution in [0.25, 0.3) is 0 Å². The van der Waals surface area contributed by atoms with E-state index < -0.39 is 17.3 Å². The average Bonchev–Trinajstić information content (AvgIpc) is 2.69. The van der Waals surface area contributed by atoms with E-state index in [-0.39, 0.29) is 35.0 Å². The molecule has 1 saturated heterocycles. The first-order valence-corrected chi connectivity index (χ1v) is 11.2. The fourth-order valence-corrected chi connectivity index (χ4v) is 3.61. The van der Waals surface area contributed by atoms with Gasteiger partial charge in [-0.1, -0.05) is 55.4 Å². The minimum absolute atomic E-state index is 0.00471. The Balaban J connectivity index is 2.58. The first-order valence-electron chi connectivity index (χ1n) is 11.2. The zero-order valence-electron chi connectivity index (χ0n) is 20.4. The van der Waals surface area contributed by atoms with Crippen molar-refractivity contribution >= 4 is 23.7 Å². The van der Waals surface area contributed by atoms with Crippen molar-refractivity contribution in [3.05, 3.63) is 0 Å². The molecule has 1 fully saturated rings. The molecule has 0 aromatic rings. The van der Waals surface area contributed by atoms with Crippen LogP contribution in [0.3, 0.4) is 0 Å². The zero-order valence-corrected chi connectivity index (χ0v) is 20.4. The van der Waals surface area contributed by atoms with E-state index >= 15 is 0 Å². The van der Waals surface area contributed by atoms with Gasteiger partial charge in [-0.2, -0.15) is 0 Å². The topological polar surface area (TPSA) is 107 Å². The Morgan fingerprint density at radius 3 is 1.81 bits per heavy atom. The van der Waals surface area contributed by atoms with Gasteiger partial charge in [-0.25, -0.2) is 0 Å². The minimum Gasteiger partial charge on any atom is -0.481 e. The number of hydrogen-bond donors (Lipinski definition) is 2. The lowest BCUT2D eigenvalue weighted by atomic mass is 9.78. The van der Waals surface area contributed by atoms with E-state index in [0.717, 1.165) is 0 Å². The summed E-state index contributed by atoms with van der Waals surface area (Å²) in [6.07, 6.45) is 0.469. The van der Waals surface area contributed by atoms with Crippen molar-refractivity contribution in [1.82, 2.24) is 15.1 Å². The zero-order chi connectivity index (χ0) is 24.1. The number of rotatable bonds is 8. The second-order valence-electron chi connectivity index (χ2n) is 10.7. The second kappa shape index (κ2) is 10.5. The van der Waals surface area contributed by atoms with Crippen LogP contribution in [0, 0.1) is 28.6 Å². The number of nitrogens with zero attached hydrogens (tertiary/aromatic N) is 2. The molecule has 8 nitrogen and oxygen atoms in total. The Kier molecular flexibility index (Phi) is 9.08. The van der Waals surface area contributed by atoms with Crippen molar-refractivity contribution in [2.45, 2.75) is 61.8 Å². The summed E-state index contributed by atoms with van der Waals surface area (Å²) in [4.78, 5) is 52.7. The Bertz CT molecular complexity index is 675. The number of piperazine rings is 1. The van der Waals surface area contributed by atoms with E-state index in [9.17, 15) is 24.3 Å². The molecule has 1 rings (SSSR count). The molecule has 2 N–H and O–H groups in total. The summed E-state index contributed by atoms with van der Waals surface area (Å²) in [5.74, 6) is -2.61. The average molecular weight is 440 g/mol. The monoisotopic (exact) mass is 439 g/mol. The summed E-state index contributed by atoms with van der Waals surface area (Å²) in [7, 11) is 0. The van der Waals surface area contributed by atoms with Gasteiger partial charge in [-0.15, -0.1) is 0 Å². The van der Waals surface area contributed by atoms with Gasteiger partial charge in [0.15, 0.2) is 0 Å². The highest BCUT2D eigenvalue weighted by Gasteiger charge is 2.42. The molecule has 8 heteroatoms. The summed E-state index contributed by atoms with van der Waals surface area (Å²) < 4.78 is 0. The van der Waals surface area contributed by atoms with Crippen molar-refractivity contribution in [3.8, 4) is 0 Å². The third-order valence-corrected chi connectivity index (χ3v) is 6.25. The fraction of sp³-hybridized carbons (Fsp3) is 0.826. The van der Waals surface area contributed by atoms with Crippen LogP contribution in [0.15, 0.2) is 0 Å². The van der Waals surface area contributed by atoms with Gasteiger partial charge in [-0.3, -0.25) is 19.2 Å². The highest BCUT2D eigenvalue weighted by Crippen LogP contribution is 2.30. The van der Waals surface area contributed by atoms with Crippen LogP contribution < -0.4 is 5.32 Å². The smallest absolute Gasteiger partial charge is 0.307 e. The number of carboxylic acids is 1. The van der Waals surface area contributed by atoms with Crippen LogP contribution in [0.2, 0.25) is 0 Å². The summed E-state index contributed by atoms with van der Waals surface area (Å²) in [6.45, 7) is 16.9. The number of hydrogen-bond acceptors (Lipinski definition) is 4. The summed E-state index contributed by atoms with van der Waals surface area (Å²) in [5.41, 5.74) is -1.01. The molecule has 178 valence electrons. The predicted octanol–water partition coefficient (Wildman–Crippen LogP) is 2.23. The molecule has 0 bridgehead atoms. The Labute approximate surface area is 186 Å². The van der Waals surface area contributed by atoms with Crippen molar-refractivity contribution in [3.63, 3.8) is 0 Å². The molecule has 0 aromatic heterocycles. The second-order valence-corrected chi connectivity index (χ2v) is 10.7. The molecular formula is C23H41N3O5. The van der Waals surface area contributed by atoms with E-state index in [1.807, 2.05) is 13.8 Å². The molecule has 3 unspecified atom stereocenters. The van der Waals surface area contributed by atoms with Crippen molar-refractivity contribution in [1.29, 1.82) is 0 Å². The first kappa shape index (κ1) is 26.9. The lowest BCUT2D eigenvalue weighted by molar-refractivity contribution is -0.157. The lowest BCUT2D eigenvalue weighted by Gasteiger charge is -2.40. The van der Waals surface area contributed by atoms with Gasteiger partial charge in [0.1, 0.15) is 0 Å². The fourth-order valence-electron chi connectivity index (χ4n) is 3.61. The van der Waals surface area contributed by atoms with E-state index in [0.29, 0.717) is 39.1 Å². The van der Waals surface area contributed by atoms with Crippen molar-refractivity contribution in [2.24, 2.45) is 28.6 Å². The van der Waals surface area contributed by atoms with Crippen LogP contribution in [0.5, 0.6) is 0 Å². The maximum absolute atomic E-state index is 12.9. The summed E-state index contributed by atoms with van der Waals surface area (Å²) in [5, 5.41) is 12.2. The molecule has 0 aliphatic carbocycles. The SMILES string of the molecule is CC(CC(C)C(=O)N1CCN(C(=O)C(C)(C)C(C)C(=O)O)CC1)C(=O)NCC(C)(C)C. The maximum Gasteiger partial charge on any atom is 0.307 e. The number of carbonyl (C=O) groups excluding carboxylic acids is 3. The molecule has 0 radical (unpaired) electrons. The quantitative estimate of drug-likeness (QED) is 0.603. The summed E-state index contributed by atoms with van der Waals surface area (Å²) >= 11 is 0. The molecule has 1 aliphatic rings. The van der Waals surface area contributed by atoms with Gasteiger partial charge in [0.05, 0.1) is 11.3 Å². The minimum atomic E-state index is -1.01. The molecule has 3 amide bonds. The molecule has 3 atom stereocenters. The normalized spacial score (nSPS) is 18.2. The number of amides is 3. The molecule has 1 aliphatic heterocycles. The molecule has 0 spiro atoms. The van der Waals surface area contributed by atoms with Gasteiger partial charge in [0.2, 0.25) is 17.7 Å². The Morgan fingerprint density at radius 1 is 0.871 bits per heavy atom. The van der Waals surface area contributed by atoms with Gasteiger partial charge in [-0.05, 0) is 11.8 Å². The van der Waals surface area contributed by atoms with Crippen LogP contribution in [0.1, 0.15) is 61.8 Å². The van der Waals surface area contributed by atoms with Crippen LogP contribution in [0.4, 0.5) is 0 Å². The lowest BCUT2D eigenvalue weighted by Crippen LogP contribution is -2.55. The highest BCUT2D eigenvalue weighted by molar-refractivity contribution is 5.88. The first-order chi connectivity index (χ1) is 14.1. The summed E-state index contributed by atoms with van der Waals surface area (Å²) in [6, 6.07) is 0. The molecule has 0 saturated carbocycles. The van der Waals surface area contributed by atoms with Gasteiger partial charge >= 0.3 is 5.97 Å².